The van der Waals surface area contributed by atoms with Crippen LogP contribution in [0.3, 0.4) is 0 Å². The molecule has 0 aromatic carbocycles. The van der Waals surface area contributed by atoms with Crippen LogP contribution in [0.25, 0.3) is 0 Å². The lowest BCUT2D eigenvalue weighted by Gasteiger charge is -2.32. The zero-order valence-electron chi connectivity index (χ0n) is 11.0. The van der Waals surface area contributed by atoms with Crippen molar-refractivity contribution in [2.24, 2.45) is 5.73 Å². The summed E-state index contributed by atoms with van der Waals surface area (Å²) in [6, 6.07) is 0. The van der Waals surface area contributed by atoms with Crippen molar-refractivity contribution >= 4 is 5.91 Å². The SMILES string of the molecule is COCCCCNC(=O)CC1(N)CCCCC1. The van der Waals surface area contributed by atoms with Crippen LogP contribution in [-0.2, 0) is 9.53 Å². The molecule has 1 aliphatic rings. The molecule has 1 aliphatic carbocycles. The maximum absolute atomic E-state index is 11.7. The summed E-state index contributed by atoms with van der Waals surface area (Å²) in [5.74, 6) is 0.104. The third-order valence-electron chi connectivity index (χ3n) is 3.46. The van der Waals surface area contributed by atoms with Crippen LogP contribution in [0.5, 0.6) is 0 Å². The summed E-state index contributed by atoms with van der Waals surface area (Å²) in [4.78, 5) is 11.7. The van der Waals surface area contributed by atoms with Crippen LogP contribution >= 0.6 is 0 Å². The molecule has 0 radical (unpaired) electrons. The smallest absolute Gasteiger partial charge is 0.221 e. The van der Waals surface area contributed by atoms with Crippen molar-refractivity contribution in [3.63, 3.8) is 0 Å². The van der Waals surface area contributed by atoms with E-state index in [0.717, 1.165) is 51.7 Å². The molecule has 3 N–H and O–H groups in total. The summed E-state index contributed by atoms with van der Waals surface area (Å²) in [5, 5.41) is 2.94. The summed E-state index contributed by atoms with van der Waals surface area (Å²) in [5.41, 5.74) is 5.99. The van der Waals surface area contributed by atoms with Crippen molar-refractivity contribution in [1.29, 1.82) is 0 Å². The van der Waals surface area contributed by atoms with E-state index in [4.69, 9.17) is 10.5 Å². The summed E-state index contributed by atoms with van der Waals surface area (Å²) in [7, 11) is 1.69. The molecule has 0 bridgehead atoms. The minimum Gasteiger partial charge on any atom is -0.385 e. The molecule has 1 rings (SSSR count). The van der Waals surface area contributed by atoms with Gasteiger partial charge in [-0.15, -0.1) is 0 Å². The predicted octanol–water partition coefficient (Wildman–Crippen LogP) is 1.58. The van der Waals surface area contributed by atoms with Gasteiger partial charge in [0.2, 0.25) is 5.91 Å². The van der Waals surface area contributed by atoms with Crippen molar-refractivity contribution < 1.29 is 9.53 Å². The lowest BCUT2D eigenvalue weighted by molar-refractivity contribution is -0.122. The lowest BCUT2D eigenvalue weighted by atomic mass is 9.80. The molecule has 100 valence electrons. The molecule has 0 saturated heterocycles. The Morgan fingerprint density at radius 2 is 2.00 bits per heavy atom. The number of carbonyl (C=O) groups excluding carboxylic acids is 1. The highest BCUT2D eigenvalue weighted by Crippen LogP contribution is 2.28. The van der Waals surface area contributed by atoms with E-state index in [0.29, 0.717) is 6.42 Å². The van der Waals surface area contributed by atoms with Crippen molar-refractivity contribution in [2.45, 2.75) is 56.9 Å². The van der Waals surface area contributed by atoms with Gasteiger partial charge < -0.3 is 15.8 Å². The summed E-state index contributed by atoms with van der Waals surface area (Å²) in [6.45, 7) is 1.50. The van der Waals surface area contributed by atoms with Gasteiger partial charge in [-0.1, -0.05) is 19.3 Å². The Labute approximate surface area is 104 Å². The van der Waals surface area contributed by atoms with Gasteiger partial charge in [-0.05, 0) is 25.7 Å². The largest absolute Gasteiger partial charge is 0.385 e. The van der Waals surface area contributed by atoms with Gasteiger partial charge in [0.25, 0.3) is 0 Å². The maximum Gasteiger partial charge on any atom is 0.221 e. The van der Waals surface area contributed by atoms with Crippen LogP contribution in [0.1, 0.15) is 51.4 Å². The number of nitrogens with two attached hydrogens (primary N) is 1. The molecule has 1 fully saturated rings. The summed E-state index contributed by atoms with van der Waals surface area (Å²) >= 11 is 0. The van der Waals surface area contributed by atoms with E-state index in [1.165, 1.54) is 6.42 Å². The second kappa shape index (κ2) is 7.67. The van der Waals surface area contributed by atoms with Crippen molar-refractivity contribution in [1.82, 2.24) is 5.32 Å². The van der Waals surface area contributed by atoms with Crippen LogP contribution in [0.4, 0.5) is 0 Å². The molecule has 0 unspecified atom stereocenters. The predicted molar refractivity (Wildman–Crippen MR) is 68.7 cm³/mol. The van der Waals surface area contributed by atoms with Crippen LogP contribution in [0, 0.1) is 0 Å². The molecule has 17 heavy (non-hydrogen) atoms. The minimum atomic E-state index is -0.241. The van der Waals surface area contributed by atoms with E-state index >= 15 is 0 Å². The average molecular weight is 242 g/mol. The molecule has 1 saturated carbocycles. The summed E-state index contributed by atoms with van der Waals surface area (Å²) < 4.78 is 4.95. The number of methoxy groups -OCH3 is 1. The van der Waals surface area contributed by atoms with Crippen molar-refractivity contribution in [3.8, 4) is 0 Å². The quantitative estimate of drug-likeness (QED) is 0.666. The first-order chi connectivity index (χ1) is 8.16. The topological polar surface area (TPSA) is 64.3 Å². The molecule has 0 aromatic rings. The van der Waals surface area contributed by atoms with Gasteiger partial charge in [-0.25, -0.2) is 0 Å². The maximum atomic E-state index is 11.7. The number of rotatable bonds is 7. The van der Waals surface area contributed by atoms with Gasteiger partial charge >= 0.3 is 0 Å². The fourth-order valence-electron chi connectivity index (χ4n) is 2.41. The number of ether oxygens (including phenoxy) is 1. The minimum absolute atomic E-state index is 0.104. The molecule has 1 amide bonds. The monoisotopic (exact) mass is 242 g/mol. The van der Waals surface area contributed by atoms with E-state index in [1.54, 1.807) is 7.11 Å². The fraction of sp³-hybridized carbons (Fsp3) is 0.923. The van der Waals surface area contributed by atoms with Crippen LogP contribution in [0.15, 0.2) is 0 Å². The molecule has 0 heterocycles. The molecule has 4 nitrogen and oxygen atoms in total. The van der Waals surface area contributed by atoms with Gasteiger partial charge in [-0.2, -0.15) is 0 Å². The lowest BCUT2D eigenvalue weighted by Crippen LogP contribution is -2.46. The van der Waals surface area contributed by atoms with Gasteiger partial charge in [0.15, 0.2) is 0 Å². The number of unbranched alkanes of at least 4 members (excludes halogenated alkanes) is 1. The van der Waals surface area contributed by atoms with Gasteiger partial charge in [-0.3, -0.25) is 4.79 Å². The molecule has 0 aliphatic heterocycles. The molecular formula is C13H26N2O2. The Bertz CT molecular complexity index is 225. The third kappa shape index (κ3) is 6.03. The van der Waals surface area contributed by atoms with E-state index < -0.39 is 0 Å². The molecule has 4 heteroatoms. The Hall–Kier alpha value is -0.610. The normalized spacial score (nSPS) is 18.9. The van der Waals surface area contributed by atoms with Crippen LogP contribution < -0.4 is 11.1 Å². The standard InChI is InChI=1S/C13H26N2O2/c1-17-10-6-5-9-15-12(16)11-13(14)7-3-2-4-8-13/h2-11,14H2,1H3,(H,15,16). The number of hydrogen-bond donors (Lipinski definition) is 2. The highest BCUT2D eigenvalue weighted by molar-refractivity contribution is 5.77. The van der Waals surface area contributed by atoms with Crippen LogP contribution in [-0.4, -0.2) is 31.7 Å². The Kier molecular flexibility index (Phi) is 6.52. The molecule has 0 aromatic heterocycles. The Morgan fingerprint density at radius 1 is 1.29 bits per heavy atom. The molecule has 0 spiro atoms. The molecule has 0 atom stereocenters. The Balaban J connectivity index is 2.11. The zero-order valence-corrected chi connectivity index (χ0v) is 11.0. The van der Waals surface area contributed by atoms with Gasteiger partial charge in [0.1, 0.15) is 0 Å². The van der Waals surface area contributed by atoms with E-state index in [2.05, 4.69) is 5.32 Å². The fourth-order valence-corrected chi connectivity index (χ4v) is 2.41. The highest BCUT2D eigenvalue weighted by atomic mass is 16.5. The Morgan fingerprint density at radius 3 is 2.65 bits per heavy atom. The van der Waals surface area contributed by atoms with Gasteiger partial charge in [0, 0.05) is 32.2 Å². The highest BCUT2D eigenvalue weighted by Gasteiger charge is 2.29. The zero-order chi connectivity index (χ0) is 12.6. The second-order valence-electron chi connectivity index (χ2n) is 5.15. The van der Waals surface area contributed by atoms with Crippen molar-refractivity contribution in [3.05, 3.63) is 0 Å². The first-order valence-corrected chi connectivity index (χ1v) is 6.71. The number of nitrogens with one attached hydrogen (secondary N) is 1. The number of amides is 1. The number of carbonyl (C=O) groups is 1. The van der Waals surface area contributed by atoms with E-state index in [1.807, 2.05) is 0 Å². The molecular weight excluding hydrogens is 216 g/mol. The van der Waals surface area contributed by atoms with Crippen LogP contribution in [0.2, 0.25) is 0 Å². The van der Waals surface area contributed by atoms with Crippen molar-refractivity contribution in [2.75, 3.05) is 20.3 Å². The second-order valence-corrected chi connectivity index (χ2v) is 5.15. The third-order valence-corrected chi connectivity index (χ3v) is 3.46. The van der Waals surface area contributed by atoms with E-state index in [9.17, 15) is 4.79 Å². The first-order valence-electron chi connectivity index (χ1n) is 6.71. The van der Waals surface area contributed by atoms with Gasteiger partial charge in [0.05, 0.1) is 0 Å². The van der Waals surface area contributed by atoms with E-state index in [-0.39, 0.29) is 11.4 Å². The average Bonchev–Trinajstić information content (AvgIpc) is 2.29. The number of hydrogen-bond acceptors (Lipinski definition) is 3. The first kappa shape index (κ1) is 14.5. The summed E-state index contributed by atoms with van der Waals surface area (Å²) in [6.07, 6.45) is 8.01.